The van der Waals surface area contributed by atoms with Crippen molar-refractivity contribution in [3.8, 4) is 22.6 Å². The standard InChI is InChI=1S/C12H10O.C6H6O.C5H14O10P2/c13-12-9-5-4-8-11(12)10-6-2-1-3-7-10;7-6-4-2-1-3-5-6;6-1-5(2-7,3-8)4-14-17(12,13)15-16(9,10)11/h1-9,13H;1-5,7H;6-8H,1-4H2,(H,12,13)(H2,9,10,11). The maximum Gasteiger partial charge on any atom is 0.481 e. The lowest BCUT2D eigenvalue weighted by Crippen LogP contribution is -2.38. The first-order valence-electron chi connectivity index (χ1n) is 10.5. The average Bonchev–Trinajstić information content (AvgIpc) is 2.86. The Labute approximate surface area is 213 Å². The van der Waals surface area contributed by atoms with Crippen LogP contribution in [0.5, 0.6) is 11.5 Å². The number of phenols is 2. The van der Waals surface area contributed by atoms with E-state index >= 15 is 0 Å². The van der Waals surface area contributed by atoms with Gasteiger partial charge in [-0.15, -0.1) is 0 Å². The zero-order chi connectivity index (χ0) is 28.0. The summed E-state index contributed by atoms with van der Waals surface area (Å²) in [7, 11) is -10.3. The molecule has 0 heterocycles. The van der Waals surface area contributed by atoms with Gasteiger partial charge in [0.25, 0.3) is 0 Å². The summed E-state index contributed by atoms with van der Waals surface area (Å²) in [4.78, 5) is 25.4. The van der Waals surface area contributed by atoms with E-state index in [1.165, 1.54) is 0 Å². The molecule has 1 atom stereocenters. The molecule has 0 fully saturated rings. The average molecular weight is 560 g/mol. The predicted molar refractivity (Wildman–Crippen MR) is 134 cm³/mol. The fourth-order valence-electron chi connectivity index (χ4n) is 2.43. The van der Waals surface area contributed by atoms with Gasteiger partial charge in [-0.3, -0.25) is 4.52 Å². The van der Waals surface area contributed by atoms with Gasteiger partial charge in [-0.1, -0.05) is 66.7 Å². The third-order valence-electron chi connectivity index (χ3n) is 4.49. The smallest absolute Gasteiger partial charge is 0.481 e. The van der Waals surface area contributed by atoms with Gasteiger partial charge in [-0.25, -0.2) is 9.13 Å². The maximum atomic E-state index is 11.0. The Morgan fingerprint density at radius 1 is 0.676 bits per heavy atom. The van der Waals surface area contributed by atoms with E-state index < -0.39 is 47.5 Å². The van der Waals surface area contributed by atoms with Gasteiger partial charge in [0.15, 0.2) is 0 Å². The van der Waals surface area contributed by atoms with Crippen LogP contribution in [0.4, 0.5) is 0 Å². The highest BCUT2D eigenvalue weighted by molar-refractivity contribution is 7.60. The molecule has 0 aliphatic rings. The Kier molecular flexibility index (Phi) is 13.7. The summed E-state index contributed by atoms with van der Waals surface area (Å²) in [5.74, 6) is 0.649. The van der Waals surface area contributed by atoms with E-state index in [0.29, 0.717) is 11.5 Å². The molecule has 0 saturated heterocycles. The van der Waals surface area contributed by atoms with Crippen molar-refractivity contribution < 1.29 is 58.2 Å². The van der Waals surface area contributed by atoms with E-state index in [4.69, 9.17) is 35.1 Å². The van der Waals surface area contributed by atoms with Crippen LogP contribution in [0.3, 0.4) is 0 Å². The summed E-state index contributed by atoms with van der Waals surface area (Å²) >= 11 is 0. The molecule has 3 aromatic carbocycles. The number of hydrogen-bond donors (Lipinski definition) is 8. The zero-order valence-corrected chi connectivity index (χ0v) is 21.3. The highest BCUT2D eigenvalue weighted by Gasteiger charge is 2.37. The molecule has 0 aliphatic carbocycles. The van der Waals surface area contributed by atoms with Gasteiger partial charge in [-0.2, -0.15) is 4.31 Å². The largest absolute Gasteiger partial charge is 0.508 e. The fourth-order valence-corrected chi connectivity index (χ4v) is 4.13. The number of rotatable bonds is 9. The van der Waals surface area contributed by atoms with Crippen LogP contribution in [0.15, 0.2) is 84.9 Å². The van der Waals surface area contributed by atoms with E-state index in [-0.39, 0.29) is 0 Å². The Morgan fingerprint density at radius 2 is 1.14 bits per heavy atom. The summed E-state index contributed by atoms with van der Waals surface area (Å²) in [5.41, 5.74) is 0.306. The van der Waals surface area contributed by atoms with Crippen LogP contribution in [-0.2, 0) is 18.0 Å². The predicted octanol–water partition coefficient (Wildman–Crippen LogP) is 2.63. The van der Waals surface area contributed by atoms with E-state index in [0.717, 1.165) is 11.1 Å². The van der Waals surface area contributed by atoms with E-state index in [1.54, 1.807) is 30.3 Å². The monoisotopic (exact) mass is 560 g/mol. The van der Waals surface area contributed by atoms with Crippen molar-refractivity contribution in [3.63, 3.8) is 0 Å². The van der Waals surface area contributed by atoms with Crippen LogP contribution < -0.4 is 0 Å². The highest BCUT2D eigenvalue weighted by Crippen LogP contribution is 2.57. The van der Waals surface area contributed by atoms with Gasteiger partial charge < -0.3 is 40.2 Å². The Bertz CT molecular complexity index is 1130. The molecule has 0 aliphatic heterocycles. The van der Waals surface area contributed by atoms with E-state index in [9.17, 15) is 14.2 Å². The Morgan fingerprint density at radius 3 is 1.54 bits per heavy atom. The number of phosphoric ester groups is 1. The molecule has 3 rings (SSSR count). The lowest BCUT2D eigenvalue weighted by Gasteiger charge is -2.27. The molecule has 0 bridgehead atoms. The van der Waals surface area contributed by atoms with Crippen molar-refractivity contribution in [1.29, 1.82) is 0 Å². The molecule has 8 N–H and O–H groups in total. The third-order valence-corrected chi connectivity index (χ3v) is 6.63. The molecule has 12 nitrogen and oxygen atoms in total. The van der Waals surface area contributed by atoms with E-state index in [1.807, 2.05) is 54.6 Å². The number of para-hydroxylation sites is 2. The number of hydrogen-bond acceptors (Lipinski definition) is 9. The molecule has 3 aromatic rings. The summed E-state index contributed by atoms with van der Waals surface area (Å²) in [6, 6.07) is 25.9. The van der Waals surface area contributed by atoms with Crippen molar-refractivity contribution in [1.82, 2.24) is 0 Å². The summed E-state index contributed by atoms with van der Waals surface area (Å²) in [6.45, 7) is -3.13. The van der Waals surface area contributed by atoms with Crippen molar-refractivity contribution in [2.75, 3.05) is 26.4 Å². The topological polar surface area (TPSA) is 214 Å². The molecule has 0 aromatic heterocycles. The third kappa shape index (κ3) is 13.0. The number of benzene rings is 3. The van der Waals surface area contributed by atoms with Crippen molar-refractivity contribution >= 4 is 15.6 Å². The number of aliphatic hydroxyl groups is 3. The minimum atomic E-state index is -5.22. The molecule has 0 spiro atoms. The lowest BCUT2D eigenvalue weighted by atomic mass is 9.93. The lowest BCUT2D eigenvalue weighted by molar-refractivity contribution is -0.0316. The summed E-state index contributed by atoms with van der Waals surface area (Å²) in [5, 5.41) is 44.7. The van der Waals surface area contributed by atoms with Crippen LogP contribution in [-0.4, -0.2) is 66.6 Å². The number of phenolic OH excluding ortho intramolecular Hbond substituents is 2. The maximum absolute atomic E-state index is 11.0. The first kappa shape index (κ1) is 32.4. The normalized spacial score (nSPS) is 12.8. The van der Waals surface area contributed by atoms with Gasteiger partial charge in [0.05, 0.1) is 31.8 Å². The highest BCUT2D eigenvalue weighted by atomic mass is 31.3. The molecule has 37 heavy (non-hydrogen) atoms. The zero-order valence-electron chi connectivity index (χ0n) is 19.5. The van der Waals surface area contributed by atoms with Crippen LogP contribution in [0.1, 0.15) is 0 Å². The molecule has 0 saturated carbocycles. The SMILES string of the molecule is O=P(O)(O)OP(=O)(O)OCC(CO)(CO)CO.Oc1ccccc1.Oc1ccccc1-c1ccccc1. The number of phosphoric acid groups is 2. The first-order valence-corrected chi connectivity index (χ1v) is 13.5. The molecule has 1 unspecified atom stereocenters. The molecular weight excluding hydrogens is 530 g/mol. The van der Waals surface area contributed by atoms with Gasteiger partial charge in [0.1, 0.15) is 11.5 Å². The fraction of sp³-hybridized carbons (Fsp3) is 0.217. The van der Waals surface area contributed by atoms with Crippen LogP contribution >= 0.6 is 15.6 Å². The minimum absolute atomic E-state index is 0.322. The Balaban J connectivity index is 0.000000299. The summed E-state index contributed by atoms with van der Waals surface area (Å²) < 4.78 is 28.9. The number of aromatic hydroxyl groups is 2. The minimum Gasteiger partial charge on any atom is -0.508 e. The van der Waals surface area contributed by atoms with Crippen molar-refractivity contribution in [3.05, 3.63) is 84.9 Å². The van der Waals surface area contributed by atoms with E-state index in [2.05, 4.69) is 8.83 Å². The van der Waals surface area contributed by atoms with Crippen molar-refractivity contribution in [2.24, 2.45) is 5.41 Å². The second kappa shape index (κ2) is 15.6. The van der Waals surface area contributed by atoms with Crippen LogP contribution in [0, 0.1) is 5.41 Å². The molecular formula is C23H30O12P2. The van der Waals surface area contributed by atoms with Gasteiger partial charge in [0.2, 0.25) is 0 Å². The van der Waals surface area contributed by atoms with Crippen molar-refractivity contribution in [2.45, 2.75) is 0 Å². The molecule has 204 valence electrons. The second-order valence-electron chi connectivity index (χ2n) is 7.51. The quantitative estimate of drug-likeness (QED) is 0.177. The molecule has 0 radical (unpaired) electrons. The number of aliphatic hydroxyl groups excluding tert-OH is 3. The van der Waals surface area contributed by atoms with Gasteiger partial charge in [-0.05, 0) is 23.8 Å². The summed E-state index contributed by atoms with van der Waals surface area (Å²) in [6.07, 6.45) is 0. The molecule has 14 heteroatoms. The second-order valence-corrected chi connectivity index (χ2v) is 10.3. The van der Waals surface area contributed by atoms with Gasteiger partial charge >= 0.3 is 15.6 Å². The first-order chi connectivity index (χ1) is 17.4. The molecule has 0 amide bonds. The van der Waals surface area contributed by atoms with Gasteiger partial charge in [0, 0.05) is 5.56 Å². The van der Waals surface area contributed by atoms with Crippen LogP contribution in [0.2, 0.25) is 0 Å². The van der Waals surface area contributed by atoms with Crippen LogP contribution in [0.25, 0.3) is 11.1 Å². The Hall–Kier alpha value is -2.60.